The van der Waals surface area contributed by atoms with Gasteiger partial charge in [0.15, 0.2) is 0 Å². The largest absolute Gasteiger partial charge is 0.364 e. The smallest absolute Gasteiger partial charge is 0.333 e. The molecule has 2 unspecified atom stereocenters. The van der Waals surface area contributed by atoms with E-state index < -0.39 is 0 Å². The highest BCUT2D eigenvalue weighted by Gasteiger charge is 2.27. The van der Waals surface area contributed by atoms with Crippen LogP contribution < -0.4 is 5.32 Å². The lowest BCUT2D eigenvalue weighted by Gasteiger charge is -2.26. The molecule has 21 heavy (non-hydrogen) atoms. The van der Waals surface area contributed by atoms with Crippen LogP contribution in [0.4, 0.5) is 11.5 Å². The fourth-order valence-electron chi connectivity index (χ4n) is 3.35. The lowest BCUT2D eigenvalue weighted by molar-refractivity contribution is -0.384. The van der Waals surface area contributed by atoms with Gasteiger partial charge in [-0.1, -0.05) is 33.1 Å². The lowest BCUT2D eigenvalue weighted by Crippen LogP contribution is -2.22. The van der Waals surface area contributed by atoms with Crippen LogP contribution >= 0.6 is 0 Å². The molecule has 0 aromatic carbocycles. The summed E-state index contributed by atoms with van der Waals surface area (Å²) >= 11 is 0. The van der Waals surface area contributed by atoms with Crippen molar-refractivity contribution in [3.63, 3.8) is 0 Å². The van der Waals surface area contributed by atoms with Gasteiger partial charge in [0.2, 0.25) is 5.82 Å². The molecule has 1 aromatic rings. The molecule has 1 aromatic heterocycles. The van der Waals surface area contributed by atoms with Crippen LogP contribution in [0, 0.1) is 22.0 Å². The Balaban J connectivity index is 2.09. The van der Waals surface area contributed by atoms with Crippen molar-refractivity contribution in [3.8, 4) is 0 Å². The van der Waals surface area contributed by atoms with Crippen LogP contribution in [-0.4, -0.2) is 21.2 Å². The maximum Gasteiger partial charge on any atom is 0.333 e. The molecule has 1 aliphatic carbocycles. The molecule has 118 valence electrons. The predicted octanol–water partition coefficient (Wildman–Crippen LogP) is 3.52. The molecule has 2 rings (SSSR count). The number of nitrogens with one attached hydrogen (secondary N) is 1. The molecule has 1 aliphatic rings. The minimum absolute atomic E-state index is 0.156. The van der Waals surface area contributed by atoms with E-state index in [9.17, 15) is 10.1 Å². The summed E-state index contributed by atoms with van der Waals surface area (Å²) < 4.78 is 1.62. The van der Waals surface area contributed by atoms with E-state index in [1.54, 1.807) is 11.7 Å². The summed E-state index contributed by atoms with van der Waals surface area (Å²) in [6, 6.07) is 0. The van der Waals surface area contributed by atoms with Gasteiger partial charge in [0.05, 0.1) is 4.92 Å². The summed E-state index contributed by atoms with van der Waals surface area (Å²) in [6.45, 7) is 5.10. The first-order valence-electron chi connectivity index (χ1n) is 7.97. The summed E-state index contributed by atoms with van der Waals surface area (Å²) in [5, 5.41) is 18.9. The van der Waals surface area contributed by atoms with Gasteiger partial charge in [-0.15, -0.1) is 0 Å². The molecule has 0 amide bonds. The maximum atomic E-state index is 11.3. The van der Waals surface area contributed by atoms with Gasteiger partial charge >= 0.3 is 5.69 Å². The first-order valence-corrected chi connectivity index (χ1v) is 7.97. The van der Waals surface area contributed by atoms with E-state index in [0.717, 1.165) is 18.9 Å². The minimum atomic E-state index is -0.302. The van der Waals surface area contributed by atoms with Crippen molar-refractivity contribution in [1.29, 1.82) is 0 Å². The third-order valence-corrected chi connectivity index (χ3v) is 4.36. The minimum Gasteiger partial charge on any atom is -0.364 e. The summed E-state index contributed by atoms with van der Waals surface area (Å²) in [4.78, 5) is 11.0. The van der Waals surface area contributed by atoms with Gasteiger partial charge in [0, 0.05) is 13.6 Å². The van der Waals surface area contributed by atoms with Crippen LogP contribution in [-0.2, 0) is 13.5 Å². The normalized spacial score (nSPS) is 22.2. The molecule has 6 heteroatoms. The molecular weight excluding hydrogens is 268 g/mol. The van der Waals surface area contributed by atoms with Gasteiger partial charge in [-0.2, -0.15) is 5.10 Å². The number of nitro groups is 1. The van der Waals surface area contributed by atoms with Crippen LogP contribution in [0.25, 0.3) is 0 Å². The standard InChI is InChI=1S/C15H26N4O2/c1-4-6-13-14(19(20)21)15(18(3)17-13)16-10-12-8-5-7-11(2)9-12/h11-12,16H,4-10H2,1-3H3. The van der Waals surface area contributed by atoms with E-state index >= 15 is 0 Å². The van der Waals surface area contributed by atoms with Gasteiger partial charge in [-0.05, 0) is 31.1 Å². The highest BCUT2D eigenvalue weighted by Crippen LogP contribution is 2.32. The Morgan fingerprint density at radius 2 is 2.24 bits per heavy atom. The van der Waals surface area contributed by atoms with E-state index in [-0.39, 0.29) is 10.6 Å². The summed E-state index contributed by atoms with van der Waals surface area (Å²) in [5.41, 5.74) is 0.743. The van der Waals surface area contributed by atoms with E-state index in [1.165, 1.54) is 25.7 Å². The number of hydrogen-bond acceptors (Lipinski definition) is 4. The van der Waals surface area contributed by atoms with Crippen molar-refractivity contribution in [3.05, 3.63) is 15.8 Å². The highest BCUT2D eigenvalue weighted by molar-refractivity contribution is 5.59. The Hall–Kier alpha value is -1.59. The van der Waals surface area contributed by atoms with Crippen molar-refractivity contribution in [2.24, 2.45) is 18.9 Å². The van der Waals surface area contributed by atoms with Crippen molar-refractivity contribution in [2.75, 3.05) is 11.9 Å². The Morgan fingerprint density at radius 1 is 1.48 bits per heavy atom. The molecule has 2 atom stereocenters. The van der Waals surface area contributed by atoms with E-state index in [2.05, 4.69) is 17.3 Å². The first-order chi connectivity index (χ1) is 10.0. The maximum absolute atomic E-state index is 11.3. The van der Waals surface area contributed by atoms with Crippen molar-refractivity contribution in [2.45, 2.75) is 52.4 Å². The third kappa shape index (κ3) is 3.74. The van der Waals surface area contributed by atoms with E-state index in [0.29, 0.717) is 23.9 Å². The molecule has 1 saturated carbocycles. The van der Waals surface area contributed by atoms with Crippen molar-refractivity contribution < 1.29 is 4.92 Å². The predicted molar refractivity (Wildman–Crippen MR) is 83.5 cm³/mol. The molecule has 0 spiro atoms. The lowest BCUT2D eigenvalue weighted by atomic mass is 9.82. The molecule has 1 N–H and O–H groups in total. The highest BCUT2D eigenvalue weighted by atomic mass is 16.6. The summed E-state index contributed by atoms with van der Waals surface area (Å²) in [7, 11) is 1.78. The topological polar surface area (TPSA) is 73.0 Å². The Labute approximate surface area is 126 Å². The van der Waals surface area contributed by atoms with Gasteiger partial charge < -0.3 is 5.32 Å². The van der Waals surface area contributed by atoms with Gasteiger partial charge in [-0.25, -0.2) is 4.68 Å². The van der Waals surface area contributed by atoms with Gasteiger partial charge in [0.1, 0.15) is 5.69 Å². The molecule has 6 nitrogen and oxygen atoms in total. The summed E-state index contributed by atoms with van der Waals surface area (Å²) in [6.07, 6.45) is 6.50. The second-order valence-electron chi connectivity index (χ2n) is 6.29. The number of aryl methyl sites for hydroxylation is 2. The average molecular weight is 294 g/mol. The quantitative estimate of drug-likeness (QED) is 0.643. The number of nitrogens with zero attached hydrogens (tertiary/aromatic N) is 3. The number of anilines is 1. The number of rotatable bonds is 6. The van der Waals surface area contributed by atoms with Crippen LogP contribution in [0.3, 0.4) is 0 Å². The van der Waals surface area contributed by atoms with Crippen molar-refractivity contribution in [1.82, 2.24) is 9.78 Å². The molecule has 0 radical (unpaired) electrons. The van der Waals surface area contributed by atoms with Crippen LogP contribution in [0.1, 0.15) is 51.6 Å². The molecule has 1 fully saturated rings. The van der Waals surface area contributed by atoms with Gasteiger partial charge in [-0.3, -0.25) is 10.1 Å². The number of aromatic nitrogens is 2. The van der Waals surface area contributed by atoms with Crippen LogP contribution in [0.5, 0.6) is 0 Å². The third-order valence-electron chi connectivity index (χ3n) is 4.36. The average Bonchev–Trinajstić information content (AvgIpc) is 2.73. The summed E-state index contributed by atoms with van der Waals surface area (Å²) in [5.74, 6) is 1.93. The number of hydrogen-bond donors (Lipinski definition) is 1. The fraction of sp³-hybridized carbons (Fsp3) is 0.800. The molecule has 0 saturated heterocycles. The Morgan fingerprint density at radius 3 is 2.86 bits per heavy atom. The van der Waals surface area contributed by atoms with Gasteiger partial charge in [0.25, 0.3) is 0 Å². The van der Waals surface area contributed by atoms with Crippen LogP contribution in [0.2, 0.25) is 0 Å². The monoisotopic (exact) mass is 294 g/mol. The molecule has 0 bridgehead atoms. The van der Waals surface area contributed by atoms with E-state index in [4.69, 9.17) is 0 Å². The van der Waals surface area contributed by atoms with Crippen LogP contribution in [0.15, 0.2) is 0 Å². The zero-order valence-electron chi connectivity index (χ0n) is 13.3. The Kier molecular flexibility index (Phi) is 5.20. The molecule has 0 aliphatic heterocycles. The molecule has 1 heterocycles. The fourth-order valence-corrected chi connectivity index (χ4v) is 3.35. The first kappa shape index (κ1) is 15.8. The SMILES string of the molecule is CCCc1nn(C)c(NCC2CCCC(C)C2)c1[N+](=O)[O-]. The molecular formula is C15H26N4O2. The van der Waals surface area contributed by atoms with E-state index in [1.807, 2.05) is 6.92 Å². The van der Waals surface area contributed by atoms with Crippen molar-refractivity contribution >= 4 is 11.5 Å². The Bertz CT molecular complexity index is 498. The second-order valence-corrected chi connectivity index (χ2v) is 6.29. The zero-order chi connectivity index (χ0) is 15.4. The zero-order valence-corrected chi connectivity index (χ0v) is 13.3. The second kappa shape index (κ2) is 6.91.